The van der Waals surface area contributed by atoms with E-state index in [4.69, 9.17) is 11.5 Å². The molecule has 0 aromatic rings. The van der Waals surface area contributed by atoms with Gasteiger partial charge in [-0.05, 0) is 20.3 Å². The summed E-state index contributed by atoms with van der Waals surface area (Å²) in [4.78, 5) is 23.7. The summed E-state index contributed by atoms with van der Waals surface area (Å²) in [6, 6.07) is -0.864. The van der Waals surface area contributed by atoms with Crippen molar-refractivity contribution in [3.05, 3.63) is 0 Å². The van der Waals surface area contributed by atoms with Crippen LogP contribution < -0.4 is 5.32 Å². The van der Waals surface area contributed by atoms with Gasteiger partial charge in [-0.15, -0.1) is 6.42 Å². The third-order valence-corrected chi connectivity index (χ3v) is 2.57. The van der Waals surface area contributed by atoms with Crippen LogP contribution in [0.15, 0.2) is 0 Å². The highest BCUT2D eigenvalue weighted by Crippen LogP contribution is 2.12. The number of terminal acetylenes is 1. The van der Waals surface area contributed by atoms with E-state index in [1.807, 2.05) is 6.92 Å². The van der Waals surface area contributed by atoms with Crippen LogP contribution >= 0.6 is 0 Å². The first kappa shape index (κ1) is 14.3. The minimum absolute atomic E-state index is 0.375. The van der Waals surface area contributed by atoms with Crippen LogP contribution in [0.3, 0.4) is 0 Å². The fraction of sp³-hybridized carbons (Fsp3) is 0.636. The first-order chi connectivity index (χ1) is 7.27. The third-order valence-electron chi connectivity index (χ3n) is 2.57. The van der Waals surface area contributed by atoms with Gasteiger partial charge in [-0.2, -0.15) is 0 Å². The van der Waals surface area contributed by atoms with Crippen molar-refractivity contribution in [2.24, 2.45) is 0 Å². The third kappa shape index (κ3) is 3.16. The number of likely N-dealkylation sites (N-methyl/N-ethyl adjacent to an activating group) is 1. The second-order valence-corrected chi connectivity index (χ2v) is 4.00. The van der Waals surface area contributed by atoms with Gasteiger partial charge >= 0.3 is 12.0 Å². The molecule has 1 atom stereocenters. The van der Waals surface area contributed by atoms with E-state index in [0.29, 0.717) is 6.42 Å². The number of amides is 2. The second-order valence-electron chi connectivity index (χ2n) is 4.00. The molecule has 0 aromatic heterocycles. The molecule has 0 spiro atoms. The van der Waals surface area contributed by atoms with Crippen molar-refractivity contribution >= 4 is 12.0 Å². The molecule has 90 valence electrons. The van der Waals surface area contributed by atoms with E-state index in [1.165, 1.54) is 20.9 Å². The van der Waals surface area contributed by atoms with Crippen LogP contribution in [0.1, 0.15) is 27.2 Å². The fourth-order valence-electron chi connectivity index (χ4n) is 0.905. The summed E-state index contributed by atoms with van der Waals surface area (Å²) in [7, 11) is 1.42. The van der Waals surface area contributed by atoms with Gasteiger partial charge in [0.2, 0.25) is 0 Å². The van der Waals surface area contributed by atoms with Crippen molar-refractivity contribution in [1.29, 1.82) is 0 Å². The van der Waals surface area contributed by atoms with Gasteiger partial charge < -0.3 is 15.3 Å². The second kappa shape index (κ2) is 5.40. The van der Waals surface area contributed by atoms with Gasteiger partial charge in [0, 0.05) is 7.05 Å². The van der Waals surface area contributed by atoms with Crippen LogP contribution in [0.4, 0.5) is 4.79 Å². The van der Waals surface area contributed by atoms with E-state index in [2.05, 4.69) is 11.2 Å². The van der Waals surface area contributed by atoms with Crippen molar-refractivity contribution < 1.29 is 14.7 Å². The zero-order chi connectivity index (χ0) is 12.9. The molecule has 0 fully saturated rings. The van der Waals surface area contributed by atoms with Crippen LogP contribution in [-0.2, 0) is 4.79 Å². The minimum Gasteiger partial charge on any atom is -0.480 e. The van der Waals surface area contributed by atoms with Crippen LogP contribution in [0, 0.1) is 12.3 Å². The van der Waals surface area contributed by atoms with Crippen LogP contribution in [0.25, 0.3) is 0 Å². The molecule has 0 radical (unpaired) electrons. The van der Waals surface area contributed by atoms with Gasteiger partial charge in [0.25, 0.3) is 0 Å². The van der Waals surface area contributed by atoms with Gasteiger partial charge in [-0.3, -0.25) is 0 Å². The average molecular weight is 226 g/mol. The topological polar surface area (TPSA) is 69.6 Å². The number of carbonyl (C=O) groups excluding carboxylic acids is 1. The van der Waals surface area contributed by atoms with Crippen LogP contribution in [0.5, 0.6) is 0 Å². The van der Waals surface area contributed by atoms with Gasteiger partial charge in [0.05, 0.1) is 6.04 Å². The Hall–Kier alpha value is -1.70. The number of carboxylic acids is 1. The van der Waals surface area contributed by atoms with Gasteiger partial charge in [-0.25, -0.2) is 9.59 Å². The molecule has 2 amide bonds. The average Bonchev–Trinajstić information content (AvgIpc) is 2.23. The summed E-state index contributed by atoms with van der Waals surface area (Å²) < 4.78 is 0. The van der Waals surface area contributed by atoms with Crippen molar-refractivity contribution in [2.75, 3.05) is 7.05 Å². The van der Waals surface area contributed by atoms with Crippen LogP contribution in [0.2, 0.25) is 0 Å². The van der Waals surface area contributed by atoms with Crippen LogP contribution in [-0.4, -0.2) is 40.6 Å². The Morgan fingerprint density at radius 1 is 1.56 bits per heavy atom. The highest BCUT2D eigenvalue weighted by atomic mass is 16.4. The summed E-state index contributed by atoms with van der Waals surface area (Å²) in [6.07, 6.45) is 5.80. The lowest BCUT2D eigenvalue weighted by atomic mass is 10.0. The molecule has 0 bridgehead atoms. The Bertz CT molecular complexity index is 318. The Morgan fingerprint density at radius 2 is 2.06 bits per heavy atom. The number of carboxylic acid groups (broad SMARTS) is 1. The standard InChI is InChI=1S/C11H18N2O3/c1-6-8(7-2)12-10(16)13(5)11(3,4)9(14)15/h1,8H,7H2,2-5H3,(H,12,16)(H,14,15). The van der Waals surface area contributed by atoms with Crippen molar-refractivity contribution in [3.8, 4) is 12.3 Å². The van der Waals surface area contributed by atoms with Crippen molar-refractivity contribution in [1.82, 2.24) is 10.2 Å². The van der Waals surface area contributed by atoms with E-state index in [0.717, 1.165) is 4.90 Å². The molecule has 16 heavy (non-hydrogen) atoms. The Labute approximate surface area is 95.8 Å². The predicted octanol–water partition coefficient (Wildman–Crippen LogP) is 0.903. The summed E-state index contributed by atoms with van der Waals surface area (Å²) in [6.45, 7) is 4.74. The molecule has 0 aliphatic carbocycles. The SMILES string of the molecule is C#CC(CC)NC(=O)N(C)C(C)(C)C(=O)O. The maximum absolute atomic E-state index is 11.7. The van der Waals surface area contributed by atoms with E-state index in [9.17, 15) is 9.59 Å². The molecule has 1 unspecified atom stereocenters. The van der Waals surface area contributed by atoms with E-state index < -0.39 is 17.5 Å². The smallest absolute Gasteiger partial charge is 0.329 e. The molecular weight excluding hydrogens is 208 g/mol. The van der Waals surface area contributed by atoms with Crippen molar-refractivity contribution in [2.45, 2.75) is 38.8 Å². The highest BCUT2D eigenvalue weighted by Gasteiger charge is 2.35. The van der Waals surface area contributed by atoms with E-state index in [-0.39, 0.29) is 6.04 Å². The Morgan fingerprint density at radius 3 is 2.38 bits per heavy atom. The quantitative estimate of drug-likeness (QED) is 0.700. The summed E-state index contributed by atoms with van der Waals surface area (Å²) >= 11 is 0. The largest absolute Gasteiger partial charge is 0.480 e. The maximum Gasteiger partial charge on any atom is 0.329 e. The first-order valence-electron chi connectivity index (χ1n) is 5.01. The highest BCUT2D eigenvalue weighted by molar-refractivity contribution is 5.85. The van der Waals surface area contributed by atoms with Gasteiger partial charge in [0.15, 0.2) is 0 Å². The number of carbonyl (C=O) groups is 2. The molecule has 0 saturated carbocycles. The first-order valence-corrected chi connectivity index (χ1v) is 5.01. The van der Waals surface area contributed by atoms with Crippen molar-refractivity contribution in [3.63, 3.8) is 0 Å². The Kier molecular flexibility index (Phi) is 4.83. The number of hydrogen-bond acceptors (Lipinski definition) is 2. The lowest BCUT2D eigenvalue weighted by molar-refractivity contribution is -0.146. The molecule has 0 rings (SSSR count). The molecule has 0 aromatic carbocycles. The monoisotopic (exact) mass is 226 g/mol. The lowest BCUT2D eigenvalue weighted by Gasteiger charge is -2.32. The number of hydrogen-bond donors (Lipinski definition) is 2. The summed E-state index contributed by atoms with van der Waals surface area (Å²) in [5.41, 5.74) is -1.27. The molecule has 0 heterocycles. The van der Waals surface area contributed by atoms with Gasteiger partial charge in [-0.1, -0.05) is 12.8 Å². The zero-order valence-electron chi connectivity index (χ0n) is 10.1. The zero-order valence-corrected chi connectivity index (χ0v) is 10.1. The maximum atomic E-state index is 11.7. The molecule has 0 aliphatic rings. The summed E-state index contributed by atoms with van der Waals surface area (Å²) in [5.74, 6) is 1.34. The van der Waals surface area contributed by atoms with E-state index in [1.54, 1.807) is 0 Å². The molecule has 5 nitrogen and oxygen atoms in total. The normalized spacial score (nSPS) is 12.4. The number of urea groups is 1. The predicted molar refractivity (Wildman–Crippen MR) is 60.9 cm³/mol. The lowest BCUT2D eigenvalue weighted by Crippen LogP contribution is -2.55. The molecular formula is C11H18N2O3. The number of aliphatic carboxylic acids is 1. The Balaban J connectivity index is 4.64. The number of nitrogens with one attached hydrogen (secondary N) is 1. The van der Waals surface area contributed by atoms with Gasteiger partial charge in [0.1, 0.15) is 5.54 Å². The van der Waals surface area contributed by atoms with E-state index >= 15 is 0 Å². The molecule has 2 N–H and O–H groups in total. The molecule has 5 heteroatoms. The minimum atomic E-state index is -1.27. The molecule has 0 saturated heterocycles. The number of rotatable bonds is 4. The number of nitrogens with zero attached hydrogens (tertiary/aromatic N) is 1. The molecule has 0 aliphatic heterocycles. The fourth-order valence-corrected chi connectivity index (χ4v) is 0.905. The summed E-state index contributed by atoms with van der Waals surface area (Å²) in [5, 5.41) is 11.5.